The second kappa shape index (κ2) is 16.1. The van der Waals surface area contributed by atoms with Gasteiger partial charge in [-0.2, -0.15) is 5.10 Å². The maximum Gasteiger partial charge on any atom is 0.259 e. The summed E-state index contributed by atoms with van der Waals surface area (Å²) in [7, 11) is 0. The number of furan rings is 1. The lowest BCUT2D eigenvalue weighted by atomic mass is 10.1. The average Bonchev–Trinajstić information content (AvgIpc) is 3.18. The van der Waals surface area contributed by atoms with E-state index in [0.29, 0.717) is 12.2 Å². The number of hydrazone groups is 1. The number of unbranched alkanes of at least 4 members (excludes halogenated alkanes) is 10. The maximum absolute atomic E-state index is 11.7. The molecular weight excluding hydrogens is 342 g/mol. The predicted octanol–water partition coefficient (Wildman–Crippen LogP) is 4.55. The summed E-state index contributed by atoms with van der Waals surface area (Å²) in [5, 5.41) is 6.37. The third-order valence-corrected chi connectivity index (χ3v) is 4.38. The van der Waals surface area contributed by atoms with Crippen molar-refractivity contribution in [1.29, 1.82) is 0 Å². The minimum atomic E-state index is -0.356. The first-order chi connectivity index (χ1) is 13.2. The largest absolute Gasteiger partial charge is 0.463 e. The number of carbonyl (C=O) groups excluding carboxylic acids is 2. The standard InChI is InChI=1S/C21H35N3O3/c1-2-3-4-5-6-7-8-9-10-11-12-15-20(25)22-18-21(26)24-23-17-19-14-13-16-27-19/h13-14,16-17H,2-12,15,18H2,1H3,(H,22,25)(H,24,26)/b23-17+. The smallest absolute Gasteiger partial charge is 0.259 e. The minimum absolute atomic E-state index is 0.0631. The average molecular weight is 378 g/mol. The Balaban J connectivity index is 1.88. The van der Waals surface area contributed by atoms with Crippen LogP contribution in [0.3, 0.4) is 0 Å². The maximum atomic E-state index is 11.7. The molecule has 1 aromatic rings. The molecular formula is C21H35N3O3. The number of hydrogen-bond donors (Lipinski definition) is 2. The lowest BCUT2D eigenvalue weighted by Crippen LogP contribution is -2.34. The highest BCUT2D eigenvalue weighted by Gasteiger charge is 2.04. The molecule has 1 rings (SSSR count). The van der Waals surface area contributed by atoms with Crippen LogP contribution in [0.4, 0.5) is 0 Å². The van der Waals surface area contributed by atoms with Gasteiger partial charge in [0.25, 0.3) is 5.91 Å². The minimum Gasteiger partial charge on any atom is -0.463 e. The molecule has 0 aliphatic heterocycles. The van der Waals surface area contributed by atoms with Gasteiger partial charge in [0, 0.05) is 6.42 Å². The molecule has 152 valence electrons. The van der Waals surface area contributed by atoms with Gasteiger partial charge in [0.1, 0.15) is 5.76 Å². The molecule has 0 aliphatic carbocycles. The van der Waals surface area contributed by atoms with Crippen molar-refractivity contribution >= 4 is 18.0 Å². The van der Waals surface area contributed by atoms with Crippen molar-refractivity contribution in [2.75, 3.05) is 6.54 Å². The van der Waals surface area contributed by atoms with Crippen LogP contribution in [-0.2, 0) is 9.59 Å². The molecule has 0 saturated heterocycles. The third-order valence-electron chi connectivity index (χ3n) is 4.38. The Morgan fingerprint density at radius 2 is 1.59 bits per heavy atom. The van der Waals surface area contributed by atoms with E-state index in [-0.39, 0.29) is 18.4 Å². The summed E-state index contributed by atoms with van der Waals surface area (Å²) < 4.78 is 5.05. The summed E-state index contributed by atoms with van der Waals surface area (Å²) in [6, 6.07) is 3.46. The molecule has 0 saturated carbocycles. The first-order valence-electron chi connectivity index (χ1n) is 10.3. The van der Waals surface area contributed by atoms with Gasteiger partial charge in [0.2, 0.25) is 5.91 Å². The molecule has 1 aromatic heterocycles. The van der Waals surface area contributed by atoms with E-state index in [9.17, 15) is 9.59 Å². The Labute approximate surface area is 163 Å². The van der Waals surface area contributed by atoms with E-state index >= 15 is 0 Å². The van der Waals surface area contributed by atoms with E-state index in [2.05, 4.69) is 22.8 Å². The highest BCUT2D eigenvalue weighted by molar-refractivity contribution is 5.85. The first kappa shape index (κ1) is 22.9. The van der Waals surface area contributed by atoms with E-state index in [1.165, 1.54) is 70.3 Å². The van der Waals surface area contributed by atoms with Crippen LogP contribution in [0, 0.1) is 0 Å². The molecule has 0 fully saturated rings. The number of carbonyl (C=O) groups is 2. The fraction of sp³-hybridized carbons (Fsp3) is 0.667. The van der Waals surface area contributed by atoms with Crippen LogP contribution >= 0.6 is 0 Å². The fourth-order valence-corrected chi connectivity index (χ4v) is 2.79. The predicted molar refractivity (Wildman–Crippen MR) is 109 cm³/mol. The van der Waals surface area contributed by atoms with Crippen LogP contribution < -0.4 is 10.7 Å². The van der Waals surface area contributed by atoms with Crippen molar-refractivity contribution in [1.82, 2.24) is 10.7 Å². The zero-order valence-corrected chi connectivity index (χ0v) is 16.7. The van der Waals surface area contributed by atoms with Crippen molar-refractivity contribution in [2.24, 2.45) is 5.10 Å². The number of nitrogens with one attached hydrogen (secondary N) is 2. The summed E-state index contributed by atoms with van der Waals surface area (Å²) in [4.78, 5) is 23.3. The van der Waals surface area contributed by atoms with Gasteiger partial charge in [-0.3, -0.25) is 9.59 Å². The SMILES string of the molecule is CCCCCCCCCCCCCC(=O)NCC(=O)N/N=C/c1ccco1. The monoisotopic (exact) mass is 377 g/mol. The van der Waals surface area contributed by atoms with Crippen LogP contribution in [0.1, 0.15) is 89.7 Å². The highest BCUT2D eigenvalue weighted by Crippen LogP contribution is 2.11. The molecule has 0 atom stereocenters. The zero-order valence-electron chi connectivity index (χ0n) is 16.7. The van der Waals surface area contributed by atoms with E-state index in [4.69, 9.17) is 4.42 Å². The topological polar surface area (TPSA) is 83.7 Å². The van der Waals surface area contributed by atoms with Crippen molar-refractivity contribution in [3.8, 4) is 0 Å². The van der Waals surface area contributed by atoms with Gasteiger partial charge in [-0.15, -0.1) is 0 Å². The van der Waals surface area contributed by atoms with Crippen LogP contribution in [-0.4, -0.2) is 24.6 Å². The highest BCUT2D eigenvalue weighted by atomic mass is 16.3. The third kappa shape index (κ3) is 13.7. The number of nitrogens with zero attached hydrogens (tertiary/aromatic N) is 1. The lowest BCUT2D eigenvalue weighted by Gasteiger charge is -2.05. The first-order valence-corrected chi connectivity index (χ1v) is 10.3. The molecule has 0 spiro atoms. The Morgan fingerprint density at radius 1 is 0.963 bits per heavy atom. The molecule has 6 nitrogen and oxygen atoms in total. The van der Waals surface area contributed by atoms with Crippen LogP contribution in [0.5, 0.6) is 0 Å². The zero-order chi connectivity index (χ0) is 19.6. The van der Waals surface area contributed by atoms with Gasteiger partial charge in [0.05, 0.1) is 19.0 Å². The Hall–Kier alpha value is -2.11. The summed E-state index contributed by atoms with van der Waals surface area (Å²) >= 11 is 0. The summed E-state index contributed by atoms with van der Waals surface area (Å²) in [6.45, 7) is 2.18. The summed E-state index contributed by atoms with van der Waals surface area (Å²) in [6.07, 6.45) is 17.2. The van der Waals surface area contributed by atoms with Gasteiger partial charge in [-0.1, -0.05) is 71.1 Å². The Morgan fingerprint density at radius 3 is 2.19 bits per heavy atom. The van der Waals surface area contributed by atoms with Crippen LogP contribution in [0.25, 0.3) is 0 Å². The van der Waals surface area contributed by atoms with Gasteiger partial charge >= 0.3 is 0 Å². The van der Waals surface area contributed by atoms with Crippen LogP contribution in [0.15, 0.2) is 27.9 Å². The van der Waals surface area contributed by atoms with Gasteiger partial charge in [-0.05, 0) is 18.6 Å². The summed E-state index contributed by atoms with van der Waals surface area (Å²) in [5.74, 6) is 0.108. The molecule has 1 heterocycles. The molecule has 0 radical (unpaired) electrons. The van der Waals surface area contributed by atoms with E-state index in [1.54, 1.807) is 12.1 Å². The molecule has 27 heavy (non-hydrogen) atoms. The Bertz CT molecular complexity index is 527. The molecule has 2 N–H and O–H groups in total. The normalized spacial score (nSPS) is 11.0. The molecule has 0 bridgehead atoms. The lowest BCUT2D eigenvalue weighted by molar-refractivity contribution is -0.126. The fourth-order valence-electron chi connectivity index (χ4n) is 2.79. The molecule has 0 aromatic carbocycles. The van der Waals surface area contributed by atoms with Gasteiger partial charge in [-0.25, -0.2) is 5.43 Å². The van der Waals surface area contributed by atoms with Crippen LogP contribution in [0.2, 0.25) is 0 Å². The molecule has 0 aliphatic rings. The Kier molecular flexibility index (Phi) is 13.7. The second-order valence-electron chi connectivity index (χ2n) is 6.87. The van der Waals surface area contributed by atoms with Gasteiger partial charge < -0.3 is 9.73 Å². The second-order valence-corrected chi connectivity index (χ2v) is 6.87. The molecule has 0 unspecified atom stereocenters. The number of rotatable bonds is 16. The van der Waals surface area contributed by atoms with Crippen molar-refractivity contribution in [3.05, 3.63) is 24.2 Å². The number of amides is 2. The quantitative estimate of drug-likeness (QED) is 0.252. The number of hydrogen-bond acceptors (Lipinski definition) is 4. The van der Waals surface area contributed by atoms with Crippen molar-refractivity contribution < 1.29 is 14.0 Å². The van der Waals surface area contributed by atoms with Crippen molar-refractivity contribution in [2.45, 2.75) is 84.0 Å². The van der Waals surface area contributed by atoms with E-state index < -0.39 is 0 Å². The van der Waals surface area contributed by atoms with Crippen molar-refractivity contribution in [3.63, 3.8) is 0 Å². The summed E-state index contributed by atoms with van der Waals surface area (Å²) in [5.41, 5.74) is 2.34. The van der Waals surface area contributed by atoms with Gasteiger partial charge in [0.15, 0.2) is 0 Å². The van der Waals surface area contributed by atoms with E-state index in [1.807, 2.05) is 0 Å². The van der Waals surface area contributed by atoms with E-state index in [0.717, 1.165) is 12.8 Å². The molecule has 6 heteroatoms. The molecule has 2 amide bonds.